The summed E-state index contributed by atoms with van der Waals surface area (Å²) >= 11 is 0. The van der Waals surface area contributed by atoms with Crippen LogP contribution in [0.5, 0.6) is 0 Å². The first-order valence-corrected chi connectivity index (χ1v) is 3.32. The second kappa shape index (κ2) is 4.87. The largest absolute Gasteiger partial charge is 0.479 e. The molecule has 0 bridgehead atoms. The summed E-state index contributed by atoms with van der Waals surface area (Å²) in [7, 11) is 0. The van der Waals surface area contributed by atoms with E-state index in [9.17, 15) is 9.59 Å². The number of carboxylic acids is 1. The van der Waals surface area contributed by atoms with E-state index in [-0.39, 0.29) is 6.29 Å². The summed E-state index contributed by atoms with van der Waals surface area (Å²) in [5.41, 5.74) is 0. The van der Waals surface area contributed by atoms with Crippen LogP contribution in [0.4, 0.5) is 0 Å². The Labute approximate surface area is 72.9 Å². The van der Waals surface area contributed by atoms with Crippen LogP contribution in [0.25, 0.3) is 0 Å². The lowest BCUT2D eigenvalue weighted by molar-refractivity contribution is -0.163. The Morgan fingerprint density at radius 1 is 1.08 bits per heavy atom. The third kappa shape index (κ3) is 3.07. The molecule has 0 saturated carbocycles. The zero-order valence-electron chi connectivity index (χ0n) is 6.44. The molecular formula is C6H10O7. The van der Waals surface area contributed by atoms with Gasteiger partial charge in [-0.1, -0.05) is 0 Å². The van der Waals surface area contributed by atoms with Crippen molar-refractivity contribution >= 4 is 12.3 Å². The highest BCUT2D eigenvalue weighted by molar-refractivity contribution is 5.73. The topological polar surface area (TPSA) is 135 Å². The molecule has 0 radical (unpaired) electrons. The standard InChI is InChI=1S/C6H10O7/c7-1-2(8)3(9)4(10)5(11)6(12)13/h1-5,8-11H,(H,12,13)/t2-,3+,4+,5+/m0/s1. The van der Waals surface area contributed by atoms with E-state index >= 15 is 0 Å². The fraction of sp³-hybridized carbons (Fsp3) is 0.667. The molecule has 13 heavy (non-hydrogen) atoms. The van der Waals surface area contributed by atoms with Crippen LogP contribution in [0.2, 0.25) is 0 Å². The van der Waals surface area contributed by atoms with E-state index in [0.717, 1.165) is 0 Å². The second-order valence-corrected chi connectivity index (χ2v) is 2.39. The molecule has 76 valence electrons. The Hall–Kier alpha value is -1.02. The molecule has 4 atom stereocenters. The first-order chi connectivity index (χ1) is 5.91. The Morgan fingerprint density at radius 2 is 1.54 bits per heavy atom. The maximum absolute atomic E-state index is 10.1. The van der Waals surface area contributed by atoms with Crippen molar-refractivity contribution in [2.24, 2.45) is 0 Å². The zero-order valence-corrected chi connectivity index (χ0v) is 6.44. The first kappa shape index (κ1) is 12.0. The lowest BCUT2D eigenvalue weighted by Gasteiger charge is -2.21. The third-order valence-electron chi connectivity index (χ3n) is 1.42. The van der Waals surface area contributed by atoms with Gasteiger partial charge in [-0.3, -0.25) is 0 Å². The molecule has 0 saturated heterocycles. The minimum Gasteiger partial charge on any atom is -0.479 e. The predicted molar refractivity (Wildman–Crippen MR) is 37.7 cm³/mol. The average Bonchev–Trinajstić information content (AvgIpc) is 2.12. The van der Waals surface area contributed by atoms with Crippen LogP contribution in [-0.4, -0.2) is 62.2 Å². The molecule has 0 fully saturated rings. The van der Waals surface area contributed by atoms with Gasteiger partial charge in [0.15, 0.2) is 12.4 Å². The quantitative estimate of drug-likeness (QED) is 0.289. The van der Waals surface area contributed by atoms with Gasteiger partial charge in [-0.2, -0.15) is 0 Å². The number of aliphatic hydroxyl groups excluding tert-OH is 4. The summed E-state index contributed by atoms with van der Waals surface area (Å²) in [6, 6.07) is 0. The molecular weight excluding hydrogens is 184 g/mol. The summed E-state index contributed by atoms with van der Waals surface area (Å²) < 4.78 is 0. The van der Waals surface area contributed by atoms with Gasteiger partial charge in [0.1, 0.15) is 18.3 Å². The number of aliphatic carboxylic acids is 1. The Morgan fingerprint density at radius 3 is 1.85 bits per heavy atom. The fourth-order valence-corrected chi connectivity index (χ4v) is 0.615. The molecule has 5 N–H and O–H groups in total. The predicted octanol–water partition coefficient (Wildman–Crippen LogP) is -3.29. The van der Waals surface area contributed by atoms with Gasteiger partial charge in [0.25, 0.3) is 0 Å². The number of aldehydes is 1. The SMILES string of the molecule is O=C[C@H](O)[C@@H](O)[C@@H](O)[C@@H](O)C(=O)O. The molecule has 0 aromatic rings. The molecule has 0 amide bonds. The summed E-state index contributed by atoms with van der Waals surface area (Å²) in [5.74, 6) is -1.76. The van der Waals surface area contributed by atoms with Gasteiger partial charge in [-0.05, 0) is 0 Å². The highest BCUT2D eigenvalue weighted by Gasteiger charge is 2.33. The van der Waals surface area contributed by atoms with Gasteiger partial charge in [0.2, 0.25) is 0 Å². The zero-order chi connectivity index (χ0) is 10.6. The van der Waals surface area contributed by atoms with E-state index in [0.29, 0.717) is 0 Å². The number of hydrogen-bond donors (Lipinski definition) is 5. The highest BCUT2D eigenvalue weighted by atomic mass is 16.4. The molecule has 0 spiro atoms. The average molecular weight is 194 g/mol. The molecule has 7 heteroatoms. The molecule has 0 rings (SSSR count). The Bertz CT molecular complexity index is 191. The molecule has 0 unspecified atom stereocenters. The van der Waals surface area contributed by atoms with E-state index in [1.54, 1.807) is 0 Å². The summed E-state index contributed by atoms with van der Waals surface area (Å²) in [6.07, 6.45) is -8.39. The van der Waals surface area contributed by atoms with E-state index in [1.165, 1.54) is 0 Å². The maximum Gasteiger partial charge on any atom is 0.335 e. The molecule has 0 aromatic heterocycles. The van der Waals surface area contributed by atoms with Crippen molar-refractivity contribution in [1.82, 2.24) is 0 Å². The van der Waals surface area contributed by atoms with Crippen LogP contribution in [0.1, 0.15) is 0 Å². The number of carboxylic acid groups (broad SMARTS) is 1. The van der Waals surface area contributed by atoms with Crippen LogP contribution >= 0.6 is 0 Å². The molecule has 0 aliphatic carbocycles. The lowest BCUT2D eigenvalue weighted by atomic mass is 10.0. The van der Waals surface area contributed by atoms with Gasteiger partial charge in [0.05, 0.1) is 0 Å². The van der Waals surface area contributed by atoms with Crippen LogP contribution in [0, 0.1) is 0 Å². The number of aliphatic hydroxyl groups is 4. The molecule has 0 aliphatic rings. The fourth-order valence-electron chi connectivity index (χ4n) is 0.615. The van der Waals surface area contributed by atoms with Gasteiger partial charge in [0, 0.05) is 0 Å². The number of carbonyl (C=O) groups excluding carboxylic acids is 1. The number of hydrogen-bond acceptors (Lipinski definition) is 6. The third-order valence-corrected chi connectivity index (χ3v) is 1.42. The first-order valence-electron chi connectivity index (χ1n) is 3.32. The van der Waals surface area contributed by atoms with Crippen LogP contribution in [0.3, 0.4) is 0 Å². The highest BCUT2D eigenvalue weighted by Crippen LogP contribution is 2.03. The lowest BCUT2D eigenvalue weighted by Crippen LogP contribution is -2.48. The van der Waals surface area contributed by atoms with Crippen molar-refractivity contribution in [3.63, 3.8) is 0 Å². The Balaban J connectivity index is 4.32. The minimum absolute atomic E-state index is 0.0809. The van der Waals surface area contributed by atoms with E-state index < -0.39 is 30.4 Å². The van der Waals surface area contributed by atoms with Gasteiger partial charge in [-0.15, -0.1) is 0 Å². The van der Waals surface area contributed by atoms with Crippen molar-refractivity contribution in [3.8, 4) is 0 Å². The number of rotatable bonds is 5. The normalized spacial score (nSPS) is 20.0. The minimum atomic E-state index is -2.25. The van der Waals surface area contributed by atoms with Gasteiger partial charge < -0.3 is 30.3 Å². The Kier molecular flexibility index (Phi) is 4.49. The van der Waals surface area contributed by atoms with Crippen molar-refractivity contribution in [3.05, 3.63) is 0 Å². The van der Waals surface area contributed by atoms with Crippen LogP contribution < -0.4 is 0 Å². The van der Waals surface area contributed by atoms with Crippen molar-refractivity contribution in [2.45, 2.75) is 24.4 Å². The molecule has 0 aromatic carbocycles. The summed E-state index contributed by atoms with van der Waals surface area (Å²) in [4.78, 5) is 20.0. The van der Waals surface area contributed by atoms with Crippen molar-refractivity contribution in [2.75, 3.05) is 0 Å². The summed E-state index contributed by atoms with van der Waals surface area (Å²) in [6.45, 7) is 0. The smallest absolute Gasteiger partial charge is 0.335 e. The molecule has 0 heterocycles. The van der Waals surface area contributed by atoms with Crippen LogP contribution in [-0.2, 0) is 9.59 Å². The monoisotopic (exact) mass is 194 g/mol. The second-order valence-electron chi connectivity index (χ2n) is 2.39. The van der Waals surface area contributed by atoms with Gasteiger partial charge >= 0.3 is 5.97 Å². The summed E-state index contributed by atoms with van der Waals surface area (Å²) in [5, 5.41) is 43.2. The van der Waals surface area contributed by atoms with Crippen molar-refractivity contribution < 1.29 is 35.1 Å². The van der Waals surface area contributed by atoms with E-state index in [2.05, 4.69) is 0 Å². The van der Waals surface area contributed by atoms with Crippen LogP contribution in [0.15, 0.2) is 0 Å². The van der Waals surface area contributed by atoms with E-state index in [4.69, 9.17) is 25.5 Å². The van der Waals surface area contributed by atoms with Crippen molar-refractivity contribution in [1.29, 1.82) is 0 Å². The molecule has 0 aliphatic heterocycles. The van der Waals surface area contributed by atoms with Gasteiger partial charge in [-0.25, -0.2) is 4.79 Å². The molecule has 7 nitrogen and oxygen atoms in total. The van der Waals surface area contributed by atoms with E-state index in [1.807, 2.05) is 0 Å². The number of carbonyl (C=O) groups is 2. The maximum atomic E-state index is 10.1.